The molecule has 0 bridgehead atoms. The number of benzene rings is 3. The number of nitrogens with zero attached hydrogens (tertiary/aromatic N) is 1. The van der Waals surface area contributed by atoms with Crippen molar-refractivity contribution in [1.29, 1.82) is 0 Å². The number of halogens is 2. The highest BCUT2D eigenvalue weighted by Gasteiger charge is 2.47. The van der Waals surface area contributed by atoms with E-state index in [4.69, 9.17) is 11.6 Å². The molecule has 31 heavy (non-hydrogen) atoms. The van der Waals surface area contributed by atoms with Crippen LogP contribution >= 0.6 is 27.5 Å². The molecule has 0 aliphatic carbocycles. The number of Topliss-reactive ketones (excluding diaryl/α,β-unsaturated/α-hetero) is 1. The standard InChI is InChI=1S/C25H19BrClNO3/c1-14-13-17(11-12-18(14)26)23(29)21-22(16-7-4-3-5-8-16)28(25(31)24(21)30)20-10-6-9-19(27)15(20)2/h3-13,22,29H,1-2H3/b23-21+. The number of carbonyl (C=O) groups excluding carboxylic acids is 2. The average Bonchev–Trinajstić information content (AvgIpc) is 3.03. The van der Waals surface area contributed by atoms with Gasteiger partial charge in [-0.3, -0.25) is 14.5 Å². The SMILES string of the molecule is Cc1cc(/C(O)=C2\C(=O)C(=O)N(c3cccc(Cl)c3C)C2c2ccccc2)ccc1Br. The smallest absolute Gasteiger partial charge is 0.300 e. The monoisotopic (exact) mass is 495 g/mol. The van der Waals surface area contributed by atoms with Gasteiger partial charge in [0.25, 0.3) is 11.7 Å². The van der Waals surface area contributed by atoms with Crippen LogP contribution in [0.25, 0.3) is 5.76 Å². The van der Waals surface area contributed by atoms with Crippen LogP contribution in [0.4, 0.5) is 5.69 Å². The van der Waals surface area contributed by atoms with Crippen LogP contribution < -0.4 is 4.90 Å². The third kappa shape index (κ3) is 3.68. The summed E-state index contributed by atoms with van der Waals surface area (Å²) in [6, 6.07) is 19.0. The molecule has 4 rings (SSSR count). The number of aryl methyl sites for hydroxylation is 1. The van der Waals surface area contributed by atoms with Gasteiger partial charge in [0.2, 0.25) is 0 Å². The van der Waals surface area contributed by atoms with Gasteiger partial charge in [-0.2, -0.15) is 0 Å². The van der Waals surface area contributed by atoms with Crippen LogP contribution in [-0.4, -0.2) is 16.8 Å². The topological polar surface area (TPSA) is 57.6 Å². The molecule has 1 saturated heterocycles. The zero-order valence-corrected chi connectivity index (χ0v) is 19.2. The summed E-state index contributed by atoms with van der Waals surface area (Å²) in [6.07, 6.45) is 0. The summed E-state index contributed by atoms with van der Waals surface area (Å²) in [5.74, 6) is -1.63. The molecule has 1 fully saturated rings. The van der Waals surface area contributed by atoms with Crippen molar-refractivity contribution in [2.24, 2.45) is 0 Å². The van der Waals surface area contributed by atoms with Gasteiger partial charge in [-0.15, -0.1) is 0 Å². The van der Waals surface area contributed by atoms with Crippen molar-refractivity contribution < 1.29 is 14.7 Å². The summed E-state index contributed by atoms with van der Waals surface area (Å²) in [5, 5.41) is 11.7. The second-order valence-corrected chi connectivity index (χ2v) is 8.69. The molecule has 1 aliphatic heterocycles. The van der Waals surface area contributed by atoms with Crippen LogP contribution in [0.1, 0.15) is 28.3 Å². The van der Waals surface area contributed by atoms with Gasteiger partial charge in [-0.25, -0.2) is 0 Å². The molecule has 4 nitrogen and oxygen atoms in total. The lowest BCUT2D eigenvalue weighted by molar-refractivity contribution is -0.132. The van der Waals surface area contributed by atoms with E-state index < -0.39 is 17.7 Å². The predicted octanol–water partition coefficient (Wildman–Crippen LogP) is 6.35. The number of amides is 1. The molecule has 3 aromatic rings. The summed E-state index contributed by atoms with van der Waals surface area (Å²) >= 11 is 9.76. The summed E-state index contributed by atoms with van der Waals surface area (Å²) in [4.78, 5) is 27.8. The molecule has 1 atom stereocenters. The molecule has 0 radical (unpaired) electrons. The van der Waals surface area contributed by atoms with Crippen LogP contribution in [-0.2, 0) is 9.59 Å². The Morgan fingerprint density at radius 2 is 1.71 bits per heavy atom. The maximum absolute atomic E-state index is 13.2. The minimum atomic E-state index is -0.776. The Morgan fingerprint density at radius 3 is 2.39 bits per heavy atom. The zero-order chi connectivity index (χ0) is 22.3. The number of aliphatic hydroxyl groups excluding tert-OH is 1. The van der Waals surface area contributed by atoms with Gasteiger partial charge in [0.1, 0.15) is 5.76 Å². The first kappa shape index (κ1) is 21.3. The van der Waals surface area contributed by atoms with Gasteiger partial charge >= 0.3 is 0 Å². The third-order valence-corrected chi connectivity index (χ3v) is 6.79. The Kier molecular flexibility index (Phi) is 5.73. The van der Waals surface area contributed by atoms with Gasteiger partial charge in [-0.1, -0.05) is 70.0 Å². The number of rotatable bonds is 3. The minimum Gasteiger partial charge on any atom is -0.507 e. The van der Waals surface area contributed by atoms with Crippen molar-refractivity contribution in [3.05, 3.63) is 104 Å². The molecule has 0 aromatic heterocycles. The van der Waals surface area contributed by atoms with E-state index in [0.29, 0.717) is 21.8 Å². The quantitative estimate of drug-likeness (QED) is 0.261. The van der Waals surface area contributed by atoms with Crippen LogP contribution in [0.3, 0.4) is 0 Å². The lowest BCUT2D eigenvalue weighted by Crippen LogP contribution is -2.30. The normalized spacial score (nSPS) is 17.9. The highest BCUT2D eigenvalue weighted by atomic mass is 79.9. The molecular formula is C25H19BrClNO3. The van der Waals surface area contributed by atoms with E-state index in [2.05, 4.69) is 15.9 Å². The van der Waals surface area contributed by atoms with Crippen molar-refractivity contribution in [2.45, 2.75) is 19.9 Å². The molecular weight excluding hydrogens is 478 g/mol. The van der Waals surface area contributed by atoms with E-state index >= 15 is 0 Å². The van der Waals surface area contributed by atoms with Crippen LogP contribution in [0.15, 0.2) is 76.8 Å². The lowest BCUT2D eigenvalue weighted by Gasteiger charge is -2.27. The van der Waals surface area contributed by atoms with Gasteiger partial charge in [-0.05, 0) is 54.8 Å². The second kappa shape index (κ2) is 8.33. The maximum atomic E-state index is 13.2. The van der Waals surface area contributed by atoms with E-state index in [-0.39, 0.29) is 11.3 Å². The number of carbonyl (C=O) groups is 2. The van der Waals surface area contributed by atoms with Gasteiger partial charge in [0, 0.05) is 20.7 Å². The first-order valence-corrected chi connectivity index (χ1v) is 10.9. The number of hydrogen-bond donors (Lipinski definition) is 1. The Hall–Kier alpha value is -2.89. The Balaban J connectivity index is 1.98. The highest BCUT2D eigenvalue weighted by molar-refractivity contribution is 9.10. The van der Waals surface area contributed by atoms with Gasteiger partial charge in [0.05, 0.1) is 11.6 Å². The molecule has 1 amide bonds. The number of anilines is 1. The van der Waals surface area contributed by atoms with Crippen molar-refractivity contribution in [3.63, 3.8) is 0 Å². The van der Waals surface area contributed by atoms with Crippen molar-refractivity contribution in [1.82, 2.24) is 0 Å². The van der Waals surface area contributed by atoms with Gasteiger partial charge < -0.3 is 5.11 Å². The molecule has 156 valence electrons. The Labute approximate surface area is 193 Å². The molecule has 0 saturated carbocycles. The fourth-order valence-corrected chi connectivity index (χ4v) is 4.25. The molecule has 1 heterocycles. The van der Waals surface area contributed by atoms with Gasteiger partial charge in [0.15, 0.2) is 0 Å². The molecule has 3 aromatic carbocycles. The van der Waals surface area contributed by atoms with Crippen molar-refractivity contribution >= 4 is 50.7 Å². The number of aliphatic hydroxyl groups is 1. The van der Waals surface area contributed by atoms with E-state index in [1.54, 1.807) is 43.3 Å². The van der Waals surface area contributed by atoms with Crippen molar-refractivity contribution in [2.75, 3.05) is 4.90 Å². The molecule has 1 N–H and O–H groups in total. The summed E-state index contributed by atoms with van der Waals surface area (Å²) in [5.41, 5.74) is 3.37. The number of hydrogen-bond acceptors (Lipinski definition) is 3. The molecule has 0 spiro atoms. The van der Waals surface area contributed by atoms with Crippen molar-refractivity contribution in [3.8, 4) is 0 Å². The van der Waals surface area contributed by atoms with E-state index in [9.17, 15) is 14.7 Å². The molecule has 6 heteroatoms. The Morgan fingerprint density at radius 1 is 1.00 bits per heavy atom. The largest absolute Gasteiger partial charge is 0.507 e. The fourth-order valence-electron chi connectivity index (χ4n) is 3.84. The zero-order valence-electron chi connectivity index (χ0n) is 16.9. The predicted molar refractivity (Wildman–Crippen MR) is 126 cm³/mol. The van der Waals surface area contributed by atoms with E-state index in [1.807, 2.05) is 37.3 Å². The summed E-state index contributed by atoms with van der Waals surface area (Å²) in [6.45, 7) is 3.70. The second-order valence-electron chi connectivity index (χ2n) is 7.43. The van der Waals surface area contributed by atoms with Crippen LogP contribution in [0.2, 0.25) is 5.02 Å². The molecule has 1 aliphatic rings. The first-order valence-electron chi connectivity index (χ1n) is 9.69. The Bertz CT molecular complexity index is 1240. The van der Waals surface area contributed by atoms with E-state index in [1.165, 1.54) is 4.90 Å². The highest BCUT2D eigenvalue weighted by Crippen LogP contribution is 2.44. The summed E-state index contributed by atoms with van der Waals surface area (Å²) in [7, 11) is 0. The molecule has 1 unspecified atom stereocenters. The maximum Gasteiger partial charge on any atom is 0.300 e. The summed E-state index contributed by atoms with van der Waals surface area (Å²) < 4.78 is 0.888. The third-order valence-electron chi connectivity index (χ3n) is 5.49. The van der Waals surface area contributed by atoms with E-state index in [0.717, 1.165) is 15.6 Å². The lowest BCUT2D eigenvalue weighted by atomic mass is 9.94. The van der Waals surface area contributed by atoms with Crippen LogP contribution in [0, 0.1) is 13.8 Å². The number of ketones is 1. The average molecular weight is 497 g/mol. The minimum absolute atomic E-state index is 0.0531. The van der Waals surface area contributed by atoms with Crippen LogP contribution in [0.5, 0.6) is 0 Å². The first-order chi connectivity index (χ1) is 14.8. The fraction of sp³-hybridized carbons (Fsp3) is 0.120.